The normalized spacial score (nSPS) is 14.1. The third kappa shape index (κ3) is 8.75. The topological polar surface area (TPSA) is 165 Å². The van der Waals surface area contributed by atoms with Crippen molar-refractivity contribution in [1.82, 2.24) is 10.0 Å². The average Bonchev–Trinajstić information content (AvgIpc) is 2.48. The fourth-order valence-corrected chi connectivity index (χ4v) is 2.85. The van der Waals surface area contributed by atoms with E-state index in [1.165, 1.54) is 4.72 Å². The molecule has 0 aromatic heterocycles. The highest BCUT2D eigenvalue weighted by Crippen LogP contribution is 2.06. The van der Waals surface area contributed by atoms with Gasteiger partial charge >= 0.3 is 16.4 Å². The van der Waals surface area contributed by atoms with Gasteiger partial charge in [0, 0.05) is 0 Å². The molecule has 0 aliphatic rings. The molecule has 0 radical (unpaired) electrons. The second-order valence-electron chi connectivity index (χ2n) is 5.13. The monoisotopic (exact) mass is 410 g/mol. The molecule has 0 aliphatic heterocycles. The second-order valence-corrected chi connectivity index (χ2v) is 7.89. The summed E-state index contributed by atoms with van der Waals surface area (Å²) in [6.07, 6.45) is -1.92. The molecule has 0 fully saturated rings. The van der Waals surface area contributed by atoms with Crippen LogP contribution in [0.4, 0.5) is 4.79 Å². The fraction of sp³-hybridized carbons (Fsp3) is 0.385. The Labute approximate surface area is 150 Å². The summed E-state index contributed by atoms with van der Waals surface area (Å²) >= 11 is 0. The zero-order chi connectivity index (χ0) is 20.0. The Morgan fingerprint density at radius 1 is 1.15 bits per heavy atom. The number of nitrogens with one attached hydrogen (secondary N) is 2. The van der Waals surface area contributed by atoms with Gasteiger partial charge in [-0.1, -0.05) is 30.3 Å². The van der Waals surface area contributed by atoms with Crippen molar-refractivity contribution in [1.29, 1.82) is 0 Å². The molecule has 13 heteroatoms. The number of hydrogen-bond donors (Lipinski definition) is 3. The minimum atomic E-state index is -4.93. The number of alkyl carbamates (subject to hydrolysis) is 1. The predicted octanol–water partition coefficient (Wildman–Crippen LogP) is -0.435. The Kier molecular flexibility index (Phi) is 7.50. The first-order valence-corrected chi connectivity index (χ1v) is 10.3. The number of hydrogen-bond acceptors (Lipinski definition) is 8. The molecule has 0 aliphatic carbocycles. The average molecular weight is 410 g/mol. The minimum absolute atomic E-state index is 0.152. The van der Waals surface area contributed by atoms with Crippen molar-refractivity contribution in [3.05, 3.63) is 35.9 Å². The molecule has 1 aromatic carbocycles. The lowest BCUT2D eigenvalue weighted by Crippen LogP contribution is -2.54. The maximum atomic E-state index is 11.9. The Morgan fingerprint density at radius 2 is 1.73 bits per heavy atom. The molecule has 146 valence electrons. The molecular formula is C13H18N2O9S2. The number of rotatable bonds is 8. The van der Waals surface area contributed by atoms with Crippen molar-refractivity contribution in [2.24, 2.45) is 0 Å². The quantitative estimate of drug-likeness (QED) is 0.380. The second kappa shape index (κ2) is 8.93. The molecular weight excluding hydrogens is 392 g/mol. The van der Waals surface area contributed by atoms with Crippen molar-refractivity contribution in [2.45, 2.75) is 25.7 Å². The van der Waals surface area contributed by atoms with Gasteiger partial charge in [0.2, 0.25) is 0 Å². The van der Waals surface area contributed by atoms with E-state index in [0.29, 0.717) is 11.8 Å². The first-order chi connectivity index (χ1) is 11.9. The first kappa shape index (κ1) is 21.8. The highest BCUT2D eigenvalue weighted by molar-refractivity contribution is 7.86. The lowest BCUT2D eigenvalue weighted by atomic mass is 10.2. The number of benzene rings is 1. The van der Waals surface area contributed by atoms with Crippen LogP contribution in [-0.4, -0.2) is 51.8 Å². The largest absolute Gasteiger partial charge is 0.445 e. The van der Waals surface area contributed by atoms with Crippen LogP contribution in [0.2, 0.25) is 0 Å². The summed E-state index contributed by atoms with van der Waals surface area (Å²) in [5.41, 5.74) is 0.641. The van der Waals surface area contributed by atoms with E-state index in [-0.39, 0.29) is 6.61 Å². The summed E-state index contributed by atoms with van der Waals surface area (Å²) in [6, 6.07) is 6.73. The van der Waals surface area contributed by atoms with Crippen LogP contribution in [0.15, 0.2) is 30.3 Å². The smallest absolute Gasteiger partial charge is 0.408 e. The standard InChI is InChI=1S/C13H18N2O9S2/c1-9(24-25(2,18)19)11(12(16)15-26(20,21)22)14-13(17)23-8-10-6-4-3-5-7-10/h3-7,9,11H,8H2,1-2H3,(H,14,17)(H,15,16)(H,20,21,22). The SMILES string of the molecule is CC(OS(C)(=O)=O)C(NC(=O)OCc1ccccc1)C(=O)NS(=O)(=O)O. The van der Waals surface area contributed by atoms with Gasteiger partial charge in [-0.2, -0.15) is 16.8 Å². The van der Waals surface area contributed by atoms with Crippen molar-refractivity contribution in [3.63, 3.8) is 0 Å². The number of amides is 2. The summed E-state index contributed by atoms with van der Waals surface area (Å²) in [5, 5.41) is 1.99. The van der Waals surface area contributed by atoms with E-state index in [0.717, 1.165) is 6.92 Å². The van der Waals surface area contributed by atoms with Crippen LogP contribution < -0.4 is 10.0 Å². The third-order valence-corrected chi connectivity index (χ3v) is 3.91. The van der Waals surface area contributed by atoms with Crippen LogP contribution in [0.1, 0.15) is 12.5 Å². The molecule has 3 N–H and O–H groups in total. The van der Waals surface area contributed by atoms with Gasteiger partial charge in [0.25, 0.3) is 16.0 Å². The van der Waals surface area contributed by atoms with Gasteiger partial charge in [-0.05, 0) is 12.5 Å². The number of carbonyl (C=O) groups excluding carboxylic acids is 2. The van der Waals surface area contributed by atoms with Gasteiger partial charge in [-0.3, -0.25) is 13.5 Å². The molecule has 0 saturated carbocycles. The van der Waals surface area contributed by atoms with Crippen LogP contribution in [-0.2, 0) is 40.7 Å². The van der Waals surface area contributed by atoms with Gasteiger partial charge in [0.05, 0.1) is 6.26 Å². The lowest BCUT2D eigenvalue weighted by Gasteiger charge is -2.22. The maximum Gasteiger partial charge on any atom is 0.408 e. The lowest BCUT2D eigenvalue weighted by molar-refractivity contribution is -0.123. The van der Waals surface area contributed by atoms with Crippen LogP contribution in [0.5, 0.6) is 0 Å². The summed E-state index contributed by atoms with van der Waals surface area (Å²) < 4.78 is 63.2. The van der Waals surface area contributed by atoms with Crippen LogP contribution in [0.25, 0.3) is 0 Å². The molecule has 0 bridgehead atoms. The van der Waals surface area contributed by atoms with Crippen LogP contribution in [0.3, 0.4) is 0 Å². The van der Waals surface area contributed by atoms with Crippen molar-refractivity contribution in [2.75, 3.05) is 6.26 Å². The van der Waals surface area contributed by atoms with Crippen molar-refractivity contribution >= 4 is 32.4 Å². The third-order valence-electron chi connectivity index (χ3n) is 2.79. The van der Waals surface area contributed by atoms with E-state index in [9.17, 15) is 26.4 Å². The zero-order valence-electron chi connectivity index (χ0n) is 13.8. The van der Waals surface area contributed by atoms with E-state index in [1.54, 1.807) is 30.3 Å². The van der Waals surface area contributed by atoms with E-state index in [4.69, 9.17) is 9.29 Å². The maximum absolute atomic E-state index is 11.9. The predicted molar refractivity (Wildman–Crippen MR) is 88.6 cm³/mol. The van der Waals surface area contributed by atoms with Crippen LogP contribution >= 0.6 is 0 Å². The number of carbonyl (C=O) groups is 2. The van der Waals surface area contributed by atoms with E-state index in [2.05, 4.69) is 4.18 Å². The summed E-state index contributed by atoms with van der Waals surface area (Å²) in [5.74, 6) is -1.42. The first-order valence-electron chi connectivity index (χ1n) is 7.02. The Morgan fingerprint density at radius 3 is 2.23 bits per heavy atom. The molecule has 0 heterocycles. The molecule has 1 aromatic rings. The Bertz CT molecular complexity index is 838. The highest BCUT2D eigenvalue weighted by Gasteiger charge is 2.32. The van der Waals surface area contributed by atoms with E-state index in [1.807, 2.05) is 5.32 Å². The Balaban J connectivity index is 2.82. The summed E-state index contributed by atoms with van der Waals surface area (Å²) in [6.45, 7) is 0.952. The summed E-state index contributed by atoms with van der Waals surface area (Å²) in [4.78, 5) is 23.7. The van der Waals surface area contributed by atoms with Gasteiger partial charge in [-0.15, -0.1) is 0 Å². The summed E-state index contributed by atoms with van der Waals surface area (Å²) in [7, 11) is -8.95. The highest BCUT2D eigenvalue weighted by atomic mass is 32.2. The molecule has 1 rings (SSSR count). The van der Waals surface area contributed by atoms with E-state index < -0.39 is 44.6 Å². The molecule has 2 unspecified atom stereocenters. The van der Waals surface area contributed by atoms with Gasteiger partial charge in [0.1, 0.15) is 18.8 Å². The molecule has 0 saturated heterocycles. The molecule has 2 atom stereocenters. The fourth-order valence-electron chi connectivity index (χ4n) is 1.81. The molecule has 26 heavy (non-hydrogen) atoms. The van der Waals surface area contributed by atoms with E-state index >= 15 is 0 Å². The van der Waals surface area contributed by atoms with Crippen molar-refractivity contribution in [3.8, 4) is 0 Å². The zero-order valence-corrected chi connectivity index (χ0v) is 15.4. The van der Waals surface area contributed by atoms with Crippen molar-refractivity contribution < 1.29 is 39.9 Å². The molecule has 0 spiro atoms. The van der Waals surface area contributed by atoms with Crippen LogP contribution in [0, 0.1) is 0 Å². The van der Waals surface area contributed by atoms with Gasteiger partial charge in [0.15, 0.2) is 0 Å². The van der Waals surface area contributed by atoms with Gasteiger partial charge < -0.3 is 10.1 Å². The number of ether oxygens (including phenoxy) is 1. The van der Waals surface area contributed by atoms with Gasteiger partial charge in [-0.25, -0.2) is 9.52 Å². The molecule has 2 amide bonds. The minimum Gasteiger partial charge on any atom is -0.445 e. The molecule has 11 nitrogen and oxygen atoms in total. The Hall–Kier alpha value is -2.22.